The first-order valence-corrected chi connectivity index (χ1v) is 10.5. The minimum atomic E-state index is -0.725. The van der Waals surface area contributed by atoms with Crippen molar-refractivity contribution in [2.24, 2.45) is 5.92 Å². The molecule has 30 heavy (non-hydrogen) atoms. The molecule has 3 rings (SSSR count). The summed E-state index contributed by atoms with van der Waals surface area (Å²) in [4.78, 5) is 39.7. The van der Waals surface area contributed by atoms with Crippen molar-refractivity contribution < 1.29 is 23.9 Å². The largest absolute Gasteiger partial charge is 0.378 e. The summed E-state index contributed by atoms with van der Waals surface area (Å²) in [5.74, 6) is -0.633. The predicted molar refractivity (Wildman–Crippen MR) is 113 cm³/mol. The molecule has 2 fully saturated rings. The second-order valence-electron chi connectivity index (χ2n) is 8.27. The first kappa shape index (κ1) is 22.2. The van der Waals surface area contributed by atoms with E-state index in [9.17, 15) is 14.4 Å². The molecule has 2 N–H and O–H groups in total. The van der Waals surface area contributed by atoms with Crippen LogP contribution in [0.15, 0.2) is 24.3 Å². The number of Topliss-reactive ketones (excluding diaryl/α,β-unsaturated/α-hetero) is 1. The molecule has 0 aromatic heterocycles. The van der Waals surface area contributed by atoms with Crippen LogP contribution in [-0.4, -0.2) is 68.7 Å². The Kier molecular flexibility index (Phi) is 7.44. The number of hydrogen-bond acceptors (Lipinski definition) is 6. The molecule has 2 amide bonds. The van der Waals surface area contributed by atoms with E-state index in [4.69, 9.17) is 9.47 Å². The van der Waals surface area contributed by atoms with Crippen LogP contribution in [0, 0.1) is 5.92 Å². The van der Waals surface area contributed by atoms with Gasteiger partial charge in [-0.1, -0.05) is 13.8 Å². The van der Waals surface area contributed by atoms with Gasteiger partial charge in [0.05, 0.1) is 19.3 Å². The van der Waals surface area contributed by atoms with Gasteiger partial charge in [0.15, 0.2) is 5.78 Å². The second kappa shape index (κ2) is 10.0. The minimum Gasteiger partial charge on any atom is -0.378 e. The Bertz CT molecular complexity index is 759. The quantitative estimate of drug-likeness (QED) is 0.691. The van der Waals surface area contributed by atoms with E-state index in [1.165, 1.54) is 0 Å². The van der Waals surface area contributed by atoms with E-state index >= 15 is 0 Å². The topological polar surface area (TPSA) is 97.0 Å². The van der Waals surface area contributed by atoms with E-state index in [-0.39, 0.29) is 36.2 Å². The Balaban J connectivity index is 1.64. The van der Waals surface area contributed by atoms with Crippen molar-refractivity contribution in [1.29, 1.82) is 0 Å². The van der Waals surface area contributed by atoms with E-state index in [0.717, 1.165) is 18.8 Å². The SMILES string of the molecule is CC(C)C[C@H](NC(=O)c1ccc(N2CCOCC2)cc1)C(=O)N[C@@H]1C(=O)CO[C@@H]1C. The molecule has 0 radical (unpaired) electrons. The Morgan fingerprint density at radius 3 is 2.40 bits per heavy atom. The standard InChI is InChI=1S/C22H31N3O5/c1-14(2)12-18(22(28)24-20-15(3)30-13-19(20)26)23-21(27)16-4-6-17(7-5-16)25-8-10-29-11-9-25/h4-7,14-15,18,20H,8-13H2,1-3H3,(H,23,27)(H,24,28)/t15-,18+,20+/m1/s1. The van der Waals surface area contributed by atoms with Crippen LogP contribution in [-0.2, 0) is 19.1 Å². The molecular weight excluding hydrogens is 386 g/mol. The van der Waals surface area contributed by atoms with Crippen LogP contribution in [0.2, 0.25) is 0 Å². The molecule has 164 valence electrons. The minimum absolute atomic E-state index is 0.00279. The van der Waals surface area contributed by atoms with Crippen molar-refractivity contribution in [3.05, 3.63) is 29.8 Å². The van der Waals surface area contributed by atoms with Gasteiger partial charge in [0.1, 0.15) is 18.7 Å². The molecule has 8 heteroatoms. The Morgan fingerprint density at radius 1 is 1.17 bits per heavy atom. The molecule has 0 spiro atoms. The van der Waals surface area contributed by atoms with E-state index in [1.807, 2.05) is 26.0 Å². The number of amides is 2. The summed E-state index contributed by atoms with van der Waals surface area (Å²) >= 11 is 0. The average Bonchev–Trinajstić information content (AvgIpc) is 3.05. The van der Waals surface area contributed by atoms with E-state index in [0.29, 0.717) is 25.2 Å². The summed E-state index contributed by atoms with van der Waals surface area (Å²) in [6.45, 7) is 8.76. The van der Waals surface area contributed by atoms with Gasteiger partial charge >= 0.3 is 0 Å². The van der Waals surface area contributed by atoms with E-state index < -0.39 is 12.1 Å². The highest BCUT2D eigenvalue weighted by atomic mass is 16.5. The highest BCUT2D eigenvalue weighted by Crippen LogP contribution is 2.17. The van der Waals surface area contributed by atoms with Gasteiger partial charge < -0.3 is 25.0 Å². The zero-order valence-corrected chi connectivity index (χ0v) is 17.8. The van der Waals surface area contributed by atoms with Crippen LogP contribution in [0.3, 0.4) is 0 Å². The first-order valence-electron chi connectivity index (χ1n) is 10.5. The first-order chi connectivity index (χ1) is 14.3. The maximum absolute atomic E-state index is 12.8. The normalized spacial score (nSPS) is 22.8. The fourth-order valence-electron chi connectivity index (χ4n) is 3.70. The van der Waals surface area contributed by atoms with Gasteiger partial charge in [-0.3, -0.25) is 14.4 Å². The monoisotopic (exact) mass is 417 g/mol. The second-order valence-corrected chi connectivity index (χ2v) is 8.27. The molecule has 0 aliphatic carbocycles. The van der Waals surface area contributed by atoms with Crippen LogP contribution in [0.4, 0.5) is 5.69 Å². The zero-order chi connectivity index (χ0) is 21.7. The third kappa shape index (κ3) is 5.58. The van der Waals surface area contributed by atoms with Gasteiger partial charge in [0, 0.05) is 24.3 Å². The van der Waals surface area contributed by atoms with Crippen LogP contribution >= 0.6 is 0 Å². The molecule has 1 aromatic carbocycles. The van der Waals surface area contributed by atoms with Crippen molar-refractivity contribution in [1.82, 2.24) is 10.6 Å². The van der Waals surface area contributed by atoms with Crippen molar-refractivity contribution in [2.75, 3.05) is 37.8 Å². The van der Waals surface area contributed by atoms with Gasteiger partial charge in [-0.15, -0.1) is 0 Å². The van der Waals surface area contributed by atoms with Gasteiger partial charge in [-0.25, -0.2) is 0 Å². The molecular formula is C22H31N3O5. The van der Waals surface area contributed by atoms with Crippen molar-refractivity contribution >= 4 is 23.3 Å². The third-order valence-corrected chi connectivity index (χ3v) is 5.44. The summed E-state index contributed by atoms with van der Waals surface area (Å²) < 4.78 is 10.7. The number of carbonyl (C=O) groups is 3. The van der Waals surface area contributed by atoms with E-state index in [2.05, 4.69) is 15.5 Å². The number of carbonyl (C=O) groups excluding carboxylic acids is 3. The van der Waals surface area contributed by atoms with Crippen LogP contribution in [0.25, 0.3) is 0 Å². The summed E-state index contributed by atoms with van der Waals surface area (Å²) in [5.41, 5.74) is 1.53. The summed E-state index contributed by atoms with van der Waals surface area (Å²) in [6, 6.07) is 5.96. The maximum atomic E-state index is 12.8. The summed E-state index contributed by atoms with van der Waals surface area (Å²) in [6.07, 6.45) is 0.101. The summed E-state index contributed by atoms with van der Waals surface area (Å²) in [5, 5.41) is 5.58. The smallest absolute Gasteiger partial charge is 0.251 e. The number of morpholine rings is 1. The molecule has 3 atom stereocenters. The number of benzene rings is 1. The average molecular weight is 418 g/mol. The number of nitrogens with zero attached hydrogens (tertiary/aromatic N) is 1. The Hall–Kier alpha value is -2.45. The molecule has 0 bridgehead atoms. The highest BCUT2D eigenvalue weighted by molar-refractivity contribution is 5.99. The van der Waals surface area contributed by atoms with Crippen molar-refractivity contribution in [3.8, 4) is 0 Å². The number of rotatable bonds is 7. The predicted octanol–water partition coefficient (Wildman–Crippen LogP) is 1.14. The molecule has 2 aliphatic rings. The van der Waals surface area contributed by atoms with Crippen molar-refractivity contribution in [2.45, 2.75) is 45.4 Å². The number of anilines is 1. The van der Waals surface area contributed by atoms with Gasteiger partial charge in [0.25, 0.3) is 5.91 Å². The summed E-state index contributed by atoms with van der Waals surface area (Å²) in [7, 11) is 0. The van der Waals surface area contributed by atoms with Crippen molar-refractivity contribution in [3.63, 3.8) is 0 Å². The Labute approximate surface area is 177 Å². The van der Waals surface area contributed by atoms with Gasteiger partial charge in [-0.05, 0) is 43.5 Å². The number of ether oxygens (including phenoxy) is 2. The molecule has 2 aliphatic heterocycles. The molecule has 8 nitrogen and oxygen atoms in total. The molecule has 1 aromatic rings. The zero-order valence-electron chi connectivity index (χ0n) is 17.8. The van der Waals surface area contributed by atoms with E-state index in [1.54, 1.807) is 19.1 Å². The maximum Gasteiger partial charge on any atom is 0.251 e. The highest BCUT2D eigenvalue weighted by Gasteiger charge is 2.35. The molecule has 2 saturated heterocycles. The lowest BCUT2D eigenvalue weighted by Gasteiger charge is -2.29. The fraction of sp³-hybridized carbons (Fsp3) is 0.591. The third-order valence-electron chi connectivity index (χ3n) is 5.44. The van der Waals surface area contributed by atoms with Gasteiger partial charge in [-0.2, -0.15) is 0 Å². The lowest BCUT2D eigenvalue weighted by molar-refractivity contribution is -0.127. The number of hydrogen-bond donors (Lipinski definition) is 2. The molecule has 0 saturated carbocycles. The van der Waals surface area contributed by atoms with Crippen LogP contribution < -0.4 is 15.5 Å². The van der Waals surface area contributed by atoms with Gasteiger partial charge in [0.2, 0.25) is 5.91 Å². The lowest BCUT2D eigenvalue weighted by Crippen LogP contribution is -2.53. The van der Waals surface area contributed by atoms with Crippen LogP contribution in [0.5, 0.6) is 0 Å². The number of ketones is 1. The lowest BCUT2D eigenvalue weighted by atomic mass is 10.0. The number of nitrogens with one attached hydrogen (secondary N) is 2. The molecule has 2 heterocycles. The Morgan fingerprint density at radius 2 is 1.83 bits per heavy atom. The van der Waals surface area contributed by atoms with Crippen LogP contribution in [0.1, 0.15) is 37.6 Å². The fourth-order valence-corrected chi connectivity index (χ4v) is 3.70. The molecule has 0 unspecified atom stereocenters.